The minimum atomic E-state index is -0.235. The van der Waals surface area contributed by atoms with Crippen molar-refractivity contribution in [1.82, 2.24) is 0 Å². The lowest BCUT2D eigenvalue weighted by Gasteiger charge is -2.12. The van der Waals surface area contributed by atoms with Crippen LogP contribution in [0, 0.1) is 0 Å². The van der Waals surface area contributed by atoms with Crippen LogP contribution in [0.2, 0.25) is 5.02 Å². The summed E-state index contributed by atoms with van der Waals surface area (Å²) in [5, 5.41) is 0.371. The van der Waals surface area contributed by atoms with E-state index in [0.29, 0.717) is 39.9 Å². The van der Waals surface area contributed by atoms with Crippen molar-refractivity contribution in [2.24, 2.45) is 0 Å². The van der Waals surface area contributed by atoms with Gasteiger partial charge in [0.2, 0.25) is 0 Å². The zero-order valence-electron chi connectivity index (χ0n) is 11.9. The molecule has 0 spiro atoms. The van der Waals surface area contributed by atoms with Gasteiger partial charge in [-0.05, 0) is 37.3 Å². The molecule has 0 saturated heterocycles. The summed E-state index contributed by atoms with van der Waals surface area (Å²) in [5.74, 6) is 0.745. The number of nitrogen functional groups attached to an aromatic ring is 1. The van der Waals surface area contributed by atoms with Crippen molar-refractivity contribution in [2.75, 3.05) is 19.5 Å². The second-order valence-corrected chi connectivity index (χ2v) is 4.74. The maximum absolute atomic E-state index is 12.7. The van der Waals surface area contributed by atoms with Gasteiger partial charge in [-0.15, -0.1) is 0 Å². The number of benzene rings is 2. The highest BCUT2D eigenvalue weighted by molar-refractivity contribution is 6.32. The largest absolute Gasteiger partial charge is 0.495 e. The van der Waals surface area contributed by atoms with Crippen molar-refractivity contribution in [3.63, 3.8) is 0 Å². The van der Waals surface area contributed by atoms with E-state index in [-0.39, 0.29) is 5.78 Å². The van der Waals surface area contributed by atoms with Crippen molar-refractivity contribution in [2.45, 2.75) is 6.92 Å². The summed E-state index contributed by atoms with van der Waals surface area (Å²) in [6.45, 7) is 2.30. The van der Waals surface area contributed by atoms with Gasteiger partial charge in [0.05, 0.1) is 24.3 Å². The molecule has 2 rings (SSSR count). The molecule has 0 amide bonds. The van der Waals surface area contributed by atoms with E-state index in [1.54, 1.807) is 36.4 Å². The van der Waals surface area contributed by atoms with Gasteiger partial charge in [-0.1, -0.05) is 17.7 Å². The van der Waals surface area contributed by atoms with E-state index < -0.39 is 0 Å². The summed E-state index contributed by atoms with van der Waals surface area (Å²) in [4.78, 5) is 12.7. The highest BCUT2D eigenvalue weighted by Gasteiger charge is 2.19. The third-order valence-electron chi connectivity index (χ3n) is 3.00. The number of carbonyl (C=O) groups excluding carboxylic acids is 1. The van der Waals surface area contributed by atoms with Gasteiger partial charge in [0, 0.05) is 11.3 Å². The number of ketones is 1. The molecule has 110 valence electrons. The van der Waals surface area contributed by atoms with Gasteiger partial charge >= 0.3 is 0 Å². The first-order valence-electron chi connectivity index (χ1n) is 6.48. The predicted molar refractivity (Wildman–Crippen MR) is 83.5 cm³/mol. The Labute approximate surface area is 128 Å². The first-order chi connectivity index (χ1) is 10.1. The molecule has 0 saturated carbocycles. The van der Waals surface area contributed by atoms with Crippen LogP contribution >= 0.6 is 11.6 Å². The lowest BCUT2D eigenvalue weighted by atomic mass is 10.0. The molecule has 0 fully saturated rings. The number of anilines is 1. The number of hydrogen-bond donors (Lipinski definition) is 1. The van der Waals surface area contributed by atoms with Crippen LogP contribution in [0.15, 0.2) is 36.4 Å². The molecular formula is C16H16ClNO3. The highest BCUT2D eigenvalue weighted by atomic mass is 35.5. The van der Waals surface area contributed by atoms with Crippen molar-refractivity contribution < 1.29 is 14.3 Å². The minimum absolute atomic E-state index is 0.235. The van der Waals surface area contributed by atoms with Gasteiger partial charge in [0.1, 0.15) is 11.5 Å². The van der Waals surface area contributed by atoms with Gasteiger partial charge in [0.25, 0.3) is 0 Å². The van der Waals surface area contributed by atoms with E-state index in [1.165, 1.54) is 7.11 Å². The molecule has 4 nitrogen and oxygen atoms in total. The summed E-state index contributed by atoms with van der Waals surface area (Å²) >= 11 is 6.06. The van der Waals surface area contributed by atoms with E-state index in [1.807, 2.05) is 6.92 Å². The van der Waals surface area contributed by atoms with Gasteiger partial charge in [0.15, 0.2) is 5.78 Å². The third-order valence-corrected chi connectivity index (χ3v) is 3.29. The Hall–Kier alpha value is -2.20. The van der Waals surface area contributed by atoms with Crippen LogP contribution in [-0.2, 0) is 0 Å². The van der Waals surface area contributed by atoms with Crippen molar-refractivity contribution >= 4 is 23.1 Å². The van der Waals surface area contributed by atoms with Crippen molar-refractivity contribution in [3.05, 3.63) is 52.5 Å². The fraction of sp³-hybridized carbons (Fsp3) is 0.188. The Morgan fingerprint density at radius 2 is 2.00 bits per heavy atom. The van der Waals surface area contributed by atoms with Gasteiger partial charge in [-0.25, -0.2) is 0 Å². The molecule has 21 heavy (non-hydrogen) atoms. The summed E-state index contributed by atoms with van der Waals surface area (Å²) in [5.41, 5.74) is 7.08. The van der Waals surface area contributed by atoms with Crippen molar-refractivity contribution in [1.29, 1.82) is 0 Å². The van der Waals surface area contributed by atoms with Gasteiger partial charge < -0.3 is 15.2 Å². The van der Waals surface area contributed by atoms with Crippen LogP contribution in [-0.4, -0.2) is 19.5 Å². The molecule has 0 aromatic heterocycles. The maximum atomic E-state index is 12.7. The number of ether oxygens (including phenoxy) is 2. The number of hydrogen-bond acceptors (Lipinski definition) is 4. The molecule has 0 bridgehead atoms. The molecule has 0 aliphatic heterocycles. The monoisotopic (exact) mass is 305 g/mol. The van der Waals surface area contributed by atoms with Crippen LogP contribution in [0.1, 0.15) is 22.8 Å². The Balaban J connectivity index is 2.47. The predicted octanol–water partition coefficient (Wildman–Crippen LogP) is 3.56. The molecule has 2 N–H and O–H groups in total. The second-order valence-electron chi connectivity index (χ2n) is 4.33. The van der Waals surface area contributed by atoms with Gasteiger partial charge in [-0.2, -0.15) is 0 Å². The summed E-state index contributed by atoms with van der Waals surface area (Å²) in [7, 11) is 1.52. The number of carbonyl (C=O) groups is 1. The van der Waals surface area contributed by atoms with Crippen LogP contribution < -0.4 is 15.2 Å². The summed E-state index contributed by atoms with van der Waals surface area (Å²) in [6.07, 6.45) is 0. The zero-order valence-corrected chi connectivity index (χ0v) is 12.6. The average Bonchev–Trinajstić information content (AvgIpc) is 2.47. The topological polar surface area (TPSA) is 61.5 Å². The first kappa shape index (κ1) is 15.2. The average molecular weight is 306 g/mol. The molecular weight excluding hydrogens is 290 g/mol. The number of methoxy groups -OCH3 is 1. The Morgan fingerprint density at radius 3 is 2.62 bits per heavy atom. The molecule has 5 heteroatoms. The maximum Gasteiger partial charge on any atom is 0.198 e. The standard InChI is InChI=1S/C16H16ClNO3/c1-3-21-14-6-4-5-12(18)15(14)16(19)10-7-8-13(20-2)11(17)9-10/h4-9H,3,18H2,1-2H3. The molecule has 0 aliphatic rings. The van der Waals surface area contributed by atoms with E-state index >= 15 is 0 Å². The molecule has 0 unspecified atom stereocenters. The smallest absolute Gasteiger partial charge is 0.198 e. The molecule has 0 radical (unpaired) electrons. The molecule has 2 aromatic carbocycles. The Morgan fingerprint density at radius 1 is 1.24 bits per heavy atom. The van der Waals surface area contributed by atoms with Crippen LogP contribution in [0.5, 0.6) is 11.5 Å². The Bertz CT molecular complexity index is 671. The van der Waals surface area contributed by atoms with E-state index in [0.717, 1.165) is 0 Å². The SMILES string of the molecule is CCOc1cccc(N)c1C(=O)c1ccc(OC)c(Cl)c1. The van der Waals surface area contributed by atoms with Gasteiger partial charge in [-0.3, -0.25) is 4.79 Å². The number of halogens is 1. The lowest BCUT2D eigenvalue weighted by molar-refractivity contribution is 0.103. The highest BCUT2D eigenvalue weighted by Crippen LogP contribution is 2.30. The molecule has 0 atom stereocenters. The second kappa shape index (κ2) is 6.50. The lowest BCUT2D eigenvalue weighted by Crippen LogP contribution is -2.09. The number of rotatable bonds is 5. The van der Waals surface area contributed by atoms with Crippen LogP contribution in [0.3, 0.4) is 0 Å². The summed E-state index contributed by atoms with van der Waals surface area (Å²) < 4.78 is 10.6. The molecule has 0 aliphatic carbocycles. The fourth-order valence-corrected chi connectivity index (χ4v) is 2.28. The van der Waals surface area contributed by atoms with E-state index in [2.05, 4.69) is 0 Å². The number of nitrogens with two attached hydrogens (primary N) is 1. The minimum Gasteiger partial charge on any atom is -0.495 e. The van der Waals surface area contributed by atoms with Crippen LogP contribution in [0.25, 0.3) is 0 Å². The van der Waals surface area contributed by atoms with E-state index in [4.69, 9.17) is 26.8 Å². The summed E-state index contributed by atoms with van der Waals surface area (Å²) in [6, 6.07) is 9.99. The Kier molecular flexibility index (Phi) is 4.70. The zero-order chi connectivity index (χ0) is 15.4. The van der Waals surface area contributed by atoms with Crippen molar-refractivity contribution in [3.8, 4) is 11.5 Å². The quantitative estimate of drug-likeness (QED) is 0.677. The van der Waals surface area contributed by atoms with Crippen LogP contribution in [0.4, 0.5) is 5.69 Å². The van der Waals surface area contributed by atoms with E-state index in [9.17, 15) is 4.79 Å². The first-order valence-corrected chi connectivity index (χ1v) is 6.85. The third kappa shape index (κ3) is 3.11. The fourth-order valence-electron chi connectivity index (χ4n) is 2.02. The molecule has 0 heterocycles. The normalized spacial score (nSPS) is 10.2. The molecule has 2 aromatic rings.